The van der Waals surface area contributed by atoms with Crippen molar-refractivity contribution in [1.29, 1.82) is 0 Å². The van der Waals surface area contributed by atoms with Crippen LogP contribution in [0.5, 0.6) is 0 Å². The fourth-order valence-electron chi connectivity index (χ4n) is 0.453. The van der Waals surface area contributed by atoms with Gasteiger partial charge in [0, 0.05) is 0 Å². The fraction of sp³-hybridized carbons (Fsp3) is 0.500. The molecule has 52 valence electrons. The molecule has 0 aliphatic rings. The Morgan fingerprint density at radius 3 is 2.67 bits per heavy atom. The van der Waals surface area contributed by atoms with Gasteiger partial charge in [-0.25, -0.2) is 0 Å². The summed E-state index contributed by atoms with van der Waals surface area (Å²) >= 11 is 1.80. The first-order valence-electron chi connectivity index (χ1n) is 3.13. The lowest BCUT2D eigenvalue weighted by Crippen LogP contribution is -1.63. The Bertz CT molecular complexity index is 112. The Morgan fingerprint density at radius 1 is 1.56 bits per heavy atom. The Kier molecular flexibility index (Phi) is 5.85. The van der Waals surface area contributed by atoms with Crippen LogP contribution in [0, 0.1) is 0 Å². The van der Waals surface area contributed by atoms with E-state index in [0.29, 0.717) is 0 Å². The van der Waals surface area contributed by atoms with Crippen LogP contribution in [-0.4, -0.2) is 6.26 Å². The molecule has 0 unspecified atom stereocenters. The predicted molar refractivity (Wildman–Crippen MR) is 46.7 cm³/mol. The van der Waals surface area contributed by atoms with Crippen molar-refractivity contribution in [2.24, 2.45) is 0 Å². The molecule has 1 heteroatoms. The Morgan fingerprint density at radius 2 is 2.22 bits per heavy atom. The number of thioether (sulfide) groups is 1. The molecule has 9 heavy (non-hydrogen) atoms. The number of allylic oxidation sites excluding steroid dienone is 4. The summed E-state index contributed by atoms with van der Waals surface area (Å²) in [5.41, 5.74) is 0. The molecule has 0 atom stereocenters. The first-order valence-corrected chi connectivity index (χ1v) is 4.35. The lowest BCUT2D eigenvalue weighted by Gasteiger charge is -1.89. The van der Waals surface area contributed by atoms with E-state index < -0.39 is 0 Å². The summed E-state index contributed by atoms with van der Waals surface area (Å²) in [7, 11) is 0. The van der Waals surface area contributed by atoms with Gasteiger partial charge >= 0.3 is 0 Å². The van der Waals surface area contributed by atoms with Crippen LogP contribution in [0.2, 0.25) is 0 Å². The lowest BCUT2D eigenvalue weighted by molar-refractivity contribution is 1.35. The minimum atomic E-state index is 1.07. The smallest absolute Gasteiger partial charge is 0.0140 e. The molecule has 0 radical (unpaired) electrons. The quantitative estimate of drug-likeness (QED) is 0.545. The van der Waals surface area contributed by atoms with Gasteiger partial charge < -0.3 is 0 Å². The van der Waals surface area contributed by atoms with Gasteiger partial charge in [-0.2, -0.15) is 0 Å². The third kappa shape index (κ3) is 5.71. The lowest BCUT2D eigenvalue weighted by atomic mass is 10.3. The first-order chi connectivity index (χ1) is 4.31. The van der Waals surface area contributed by atoms with Crippen LogP contribution in [0.3, 0.4) is 0 Å². The highest BCUT2D eigenvalue weighted by atomic mass is 32.2. The van der Waals surface area contributed by atoms with E-state index in [9.17, 15) is 0 Å². The van der Waals surface area contributed by atoms with Crippen LogP contribution in [0.15, 0.2) is 23.1 Å². The second-order valence-corrected chi connectivity index (χ2v) is 2.88. The maximum Gasteiger partial charge on any atom is -0.0140 e. The monoisotopic (exact) mass is 142 g/mol. The average Bonchev–Trinajstić information content (AvgIpc) is 1.89. The molecule has 0 N–H and O–H groups in total. The third-order valence-electron chi connectivity index (χ3n) is 1.10. The van der Waals surface area contributed by atoms with E-state index in [1.165, 1.54) is 4.91 Å². The highest BCUT2D eigenvalue weighted by Gasteiger charge is 1.79. The predicted octanol–water partition coefficient (Wildman–Crippen LogP) is 3.22. The molecule has 0 heterocycles. The summed E-state index contributed by atoms with van der Waals surface area (Å²) in [5, 5.41) is 0. The maximum absolute atomic E-state index is 2.23. The van der Waals surface area contributed by atoms with Crippen molar-refractivity contribution in [3.63, 3.8) is 0 Å². The molecule has 0 aliphatic heterocycles. The molecule has 0 fully saturated rings. The minimum absolute atomic E-state index is 1.07. The van der Waals surface area contributed by atoms with Gasteiger partial charge in [0.25, 0.3) is 0 Å². The van der Waals surface area contributed by atoms with Crippen LogP contribution in [0.4, 0.5) is 0 Å². The summed E-state index contributed by atoms with van der Waals surface area (Å²) in [5.74, 6) is 0. The summed E-state index contributed by atoms with van der Waals surface area (Å²) in [6.07, 6.45) is 9.62. The highest BCUT2D eigenvalue weighted by molar-refractivity contribution is 8.02. The third-order valence-corrected chi connectivity index (χ3v) is 1.91. The summed E-state index contributed by atoms with van der Waals surface area (Å²) in [6.45, 7) is 4.18. The fourth-order valence-corrected chi connectivity index (χ4v) is 0.716. The second kappa shape index (κ2) is 5.96. The van der Waals surface area contributed by atoms with Crippen molar-refractivity contribution in [3.05, 3.63) is 23.1 Å². The van der Waals surface area contributed by atoms with Gasteiger partial charge in [-0.3, -0.25) is 0 Å². The van der Waals surface area contributed by atoms with E-state index in [1.807, 2.05) is 6.92 Å². The van der Waals surface area contributed by atoms with E-state index in [-0.39, 0.29) is 0 Å². The Labute approximate surface area is 62.0 Å². The van der Waals surface area contributed by atoms with Gasteiger partial charge in [0.2, 0.25) is 0 Å². The van der Waals surface area contributed by atoms with Crippen LogP contribution in [-0.2, 0) is 0 Å². The number of hydrogen-bond donors (Lipinski definition) is 0. The molecule has 0 rings (SSSR count). The van der Waals surface area contributed by atoms with Gasteiger partial charge in [-0.15, -0.1) is 11.8 Å². The zero-order valence-electron chi connectivity index (χ0n) is 6.35. The number of hydrogen-bond acceptors (Lipinski definition) is 1. The molecule has 0 saturated heterocycles. The van der Waals surface area contributed by atoms with Crippen molar-refractivity contribution < 1.29 is 0 Å². The highest BCUT2D eigenvalue weighted by Crippen LogP contribution is 2.09. The molecular formula is C8H14S. The van der Waals surface area contributed by atoms with Crippen molar-refractivity contribution in [2.75, 3.05) is 6.26 Å². The van der Waals surface area contributed by atoms with E-state index in [2.05, 4.69) is 31.4 Å². The molecule has 0 aromatic carbocycles. The van der Waals surface area contributed by atoms with E-state index in [1.54, 1.807) is 11.8 Å². The Balaban J connectivity index is 3.43. The minimum Gasteiger partial charge on any atom is -0.135 e. The molecule has 0 amide bonds. The zero-order chi connectivity index (χ0) is 7.11. The second-order valence-electron chi connectivity index (χ2n) is 1.82. The van der Waals surface area contributed by atoms with Crippen molar-refractivity contribution in [3.8, 4) is 0 Å². The standard InChI is InChI=1S/C8H14S/c1-4-5-6-7-8(2)9-3/h4-5,7H,6H2,1-3H3. The molecule has 0 saturated carbocycles. The van der Waals surface area contributed by atoms with E-state index in [0.717, 1.165) is 6.42 Å². The molecule has 0 aromatic heterocycles. The summed E-state index contributed by atoms with van der Waals surface area (Å²) < 4.78 is 0. The van der Waals surface area contributed by atoms with Crippen LogP contribution < -0.4 is 0 Å². The van der Waals surface area contributed by atoms with E-state index >= 15 is 0 Å². The maximum atomic E-state index is 2.23. The number of rotatable bonds is 3. The van der Waals surface area contributed by atoms with Gasteiger partial charge in [0.1, 0.15) is 0 Å². The average molecular weight is 142 g/mol. The van der Waals surface area contributed by atoms with Gasteiger partial charge in [0.05, 0.1) is 0 Å². The van der Waals surface area contributed by atoms with Gasteiger partial charge in [-0.1, -0.05) is 18.2 Å². The van der Waals surface area contributed by atoms with Crippen molar-refractivity contribution in [2.45, 2.75) is 20.3 Å². The molecule has 0 spiro atoms. The van der Waals surface area contributed by atoms with Crippen LogP contribution in [0.1, 0.15) is 20.3 Å². The largest absolute Gasteiger partial charge is 0.135 e. The van der Waals surface area contributed by atoms with E-state index in [4.69, 9.17) is 0 Å². The summed E-state index contributed by atoms with van der Waals surface area (Å²) in [4.78, 5) is 1.40. The zero-order valence-corrected chi connectivity index (χ0v) is 7.16. The summed E-state index contributed by atoms with van der Waals surface area (Å²) in [6, 6.07) is 0. The van der Waals surface area contributed by atoms with Crippen LogP contribution >= 0.6 is 11.8 Å². The Hall–Kier alpha value is -0.170. The van der Waals surface area contributed by atoms with Crippen molar-refractivity contribution >= 4 is 11.8 Å². The van der Waals surface area contributed by atoms with Gasteiger partial charge in [-0.05, 0) is 31.4 Å². The molecular weight excluding hydrogens is 128 g/mol. The normalized spacial score (nSPS) is 13.0. The molecule has 0 nitrogen and oxygen atoms in total. The molecule has 0 bridgehead atoms. The molecule has 0 aliphatic carbocycles. The first kappa shape index (κ1) is 8.83. The SMILES string of the molecule is CC=CCC=C(C)SC. The van der Waals surface area contributed by atoms with Crippen molar-refractivity contribution in [1.82, 2.24) is 0 Å². The topological polar surface area (TPSA) is 0 Å². The van der Waals surface area contributed by atoms with Crippen LogP contribution in [0.25, 0.3) is 0 Å². The van der Waals surface area contributed by atoms with Gasteiger partial charge in [0.15, 0.2) is 0 Å². The molecule has 0 aromatic rings.